The minimum absolute atomic E-state index is 0.104. The summed E-state index contributed by atoms with van der Waals surface area (Å²) in [7, 11) is 1.57. The topological polar surface area (TPSA) is 66.8 Å². The Balaban J connectivity index is 2.15. The van der Waals surface area contributed by atoms with Crippen molar-refractivity contribution in [2.24, 2.45) is 0 Å². The van der Waals surface area contributed by atoms with E-state index in [0.29, 0.717) is 23.2 Å². The van der Waals surface area contributed by atoms with Crippen molar-refractivity contribution in [3.8, 4) is 5.75 Å². The molecule has 1 aliphatic heterocycles. The van der Waals surface area contributed by atoms with Crippen molar-refractivity contribution in [1.29, 1.82) is 0 Å². The molecule has 1 saturated heterocycles. The van der Waals surface area contributed by atoms with Gasteiger partial charge in [-0.2, -0.15) is 0 Å². The highest BCUT2D eigenvalue weighted by molar-refractivity contribution is 9.09. The van der Waals surface area contributed by atoms with Crippen molar-refractivity contribution in [3.05, 3.63) is 71.3 Å². The molecule has 1 N–H and O–H groups in total. The highest BCUT2D eigenvalue weighted by Crippen LogP contribution is 2.39. The number of alkyl halides is 1. The van der Waals surface area contributed by atoms with Gasteiger partial charge < -0.3 is 14.7 Å². The van der Waals surface area contributed by atoms with E-state index in [2.05, 4.69) is 15.9 Å². The lowest BCUT2D eigenvalue weighted by atomic mass is 9.95. The zero-order valence-electron chi connectivity index (χ0n) is 14.2. The number of carbonyl (C=O) groups is 2. The lowest BCUT2D eigenvalue weighted by Crippen LogP contribution is -2.31. The highest BCUT2D eigenvalue weighted by Gasteiger charge is 2.45. The Morgan fingerprint density at radius 2 is 1.77 bits per heavy atom. The number of rotatable bonds is 5. The second-order valence-corrected chi connectivity index (χ2v) is 6.61. The van der Waals surface area contributed by atoms with E-state index in [4.69, 9.17) is 4.74 Å². The smallest absolute Gasteiger partial charge is 0.295 e. The van der Waals surface area contributed by atoms with Crippen molar-refractivity contribution in [2.45, 2.75) is 6.04 Å². The van der Waals surface area contributed by atoms with Crippen molar-refractivity contribution < 1.29 is 19.4 Å². The Morgan fingerprint density at radius 3 is 2.35 bits per heavy atom. The molecular weight excluding hydrogens is 398 g/mol. The van der Waals surface area contributed by atoms with Gasteiger partial charge in [0.2, 0.25) is 0 Å². The summed E-state index contributed by atoms with van der Waals surface area (Å²) in [5, 5.41) is 11.3. The predicted molar refractivity (Wildman–Crippen MR) is 102 cm³/mol. The van der Waals surface area contributed by atoms with E-state index in [1.54, 1.807) is 55.6 Å². The Hall–Kier alpha value is -2.60. The second kappa shape index (κ2) is 7.74. The van der Waals surface area contributed by atoms with Gasteiger partial charge in [0.15, 0.2) is 0 Å². The SMILES string of the molecule is COc1ccc(C2/C(=C(\O)c3ccccc3)C(=O)C(=O)N2CCBr)cc1. The molecular formula is C20H18BrNO4. The lowest BCUT2D eigenvalue weighted by molar-refractivity contribution is -0.139. The Bertz CT molecular complexity index is 846. The van der Waals surface area contributed by atoms with Gasteiger partial charge in [-0.05, 0) is 17.7 Å². The number of aliphatic hydroxyl groups excluding tert-OH is 1. The van der Waals surface area contributed by atoms with Crippen LogP contribution in [-0.4, -0.2) is 40.7 Å². The van der Waals surface area contributed by atoms with Crippen LogP contribution in [0.15, 0.2) is 60.2 Å². The van der Waals surface area contributed by atoms with Crippen LogP contribution in [0.25, 0.3) is 5.76 Å². The van der Waals surface area contributed by atoms with Gasteiger partial charge in [0.05, 0.1) is 18.7 Å². The third-order valence-corrected chi connectivity index (χ3v) is 4.70. The largest absolute Gasteiger partial charge is 0.507 e. The standard InChI is InChI=1S/C20H18BrNO4/c1-26-15-9-7-13(8-10-15)17-16(18(23)14-5-3-2-4-6-14)19(24)20(25)22(17)12-11-21/h2-10,17,23H,11-12H2,1H3/b18-16+. The molecule has 0 aromatic heterocycles. The van der Waals surface area contributed by atoms with Gasteiger partial charge in [-0.15, -0.1) is 0 Å². The number of aliphatic hydroxyl groups is 1. The molecule has 1 atom stereocenters. The van der Waals surface area contributed by atoms with Crippen LogP contribution in [0, 0.1) is 0 Å². The normalized spacial score (nSPS) is 19.0. The number of Topliss-reactive ketones (excluding diaryl/α,β-unsaturated/α-hetero) is 1. The Morgan fingerprint density at radius 1 is 1.12 bits per heavy atom. The highest BCUT2D eigenvalue weighted by atomic mass is 79.9. The quantitative estimate of drug-likeness (QED) is 0.351. The summed E-state index contributed by atoms with van der Waals surface area (Å²) in [6, 6.07) is 15.3. The molecule has 2 aromatic rings. The molecule has 1 fully saturated rings. The molecule has 1 heterocycles. The molecule has 0 spiro atoms. The maximum atomic E-state index is 12.7. The fraction of sp³-hybridized carbons (Fsp3) is 0.200. The number of hydrogen-bond acceptors (Lipinski definition) is 4. The Kier molecular flexibility index (Phi) is 5.42. The number of ketones is 1. The van der Waals surface area contributed by atoms with E-state index < -0.39 is 17.7 Å². The number of carbonyl (C=O) groups excluding carboxylic acids is 2. The average Bonchev–Trinajstić information content (AvgIpc) is 2.93. The molecule has 1 amide bonds. The molecule has 1 aliphatic rings. The summed E-state index contributed by atoms with van der Waals surface area (Å²) >= 11 is 3.33. The molecule has 3 rings (SSSR count). The lowest BCUT2D eigenvalue weighted by Gasteiger charge is -2.24. The van der Waals surface area contributed by atoms with Gasteiger partial charge in [-0.25, -0.2) is 0 Å². The van der Waals surface area contributed by atoms with Crippen LogP contribution in [0.2, 0.25) is 0 Å². The molecule has 0 saturated carbocycles. The van der Waals surface area contributed by atoms with E-state index in [0.717, 1.165) is 5.56 Å². The van der Waals surface area contributed by atoms with Gasteiger partial charge in [-0.1, -0.05) is 58.4 Å². The molecule has 26 heavy (non-hydrogen) atoms. The van der Waals surface area contributed by atoms with Gasteiger partial charge in [0, 0.05) is 17.4 Å². The van der Waals surface area contributed by atoms with Gasteiger partial charge in [0.1, 0.15) is 11.5 Å². The monoisotopic (exact) mass is 415 g/mol. The number of likely N-dealkylation sites (tertiary alicyclic amines) is 1. The van der Waals surface area contributed by atoms with E-state index in [1.165, 1.54) is 4.90 Å². The number of amides is 1. The third-order valence-electron chi connectivity index (χ3n) is 4.34. The first-order valence-electron chi connectivity index (χ1n) is 8.12. The van der Waals surface area contributed by atoms with Crippen molar-refractivity contribution in [3.63, 3.8) is 0 Å². The molecule has 5 nitrogen and oxygen atoms in total. The Labute approximate surface area is 160 Å². The van der Waals surface area contributed by atoms with Crippen LogP contribution in [0.5, 0.6) is 5.75 Å². The number of nitrogens with zero attached hydrogens (tertiary/aromatic N) is 1. The van der Waals surface area contributed by atoms with Crippen LogP contribution < -0.4 is 4.74 Å². The van der Waals surface area contributed by atoms with Crippen LogP contribution in [0.3, 0.4) is 0 Å². The summed E-state index contributed by atoms with van der Waals surface area (Å²) in [6.45, 7) is 0.354. The molecule has 6 heteroatoms. The fourth-order valence-corrected chi connectivity index (χ4v) is 3.47. The summed E-state index contributed by atoms with van der Waals surface area (Å²) in [6.07, 6.45) is 0. The maximum Gasteiger partial charge on any atom is 0.295 e. The van der Waals surface area contributed by atoms with Crippen LogP contribution in [0.1, 0.15) is 17.2 Å². The van der Waals surface area contributed by atoms with Gasteiger partial charge in [0.25, 0.3) is 11.7 Å². The van der Waals surface area contributed by atoms with E-state index in [1.807, 2.05) is 6.07 Å². The first kappa shape index (κ1) is 18.2. The fourth-order valence-electron chi connectivity index (χ4n) is 3.09. The van der Waals surface area contributed by atoms with Gasteiger partial charge in [-0.3, -0.25) is 9.59 Å². The molecule has 0 bridgehead atoms. The molecule has 1 unspecified atom stereocenters. The maximum absolute atomic E-state index is 12.7. The van der Waals surface area contributed by atoms with E-state index in [-0.39, 0.29) is 11.3 Å². The third kappa shape index (κ3) is 3.24. The number of ether oxygens (including phenoxy) is 1. The summed E-state index contributed by atoms with van der Waals surface area (Å²) in [5.74, 6) is -0.771. The van der Waals surface area contributed by atoms with Crippen molar-refractivity contribution in [2.75, 3.05) is 19.0 Å². The molecule has 0 radical (unpaired) electrons. The van der Waals surface area contributed by atoms with Crippen molar-refractivity contribution in [1.82, 2.24) is 4.90 Å². The average molecular weight is 416 g/mol. The minimum atomic E-state index is -0.673. The molecule has 0 aliphatic carbocycles. The first-order valence-corrected chi connectivity index (χ1v) is 9.24. The number of halogens is 1. The van der Waals surface area contributed by atoms with E-state index >= 15 is 0 Å². The summed E-state index contributed by atoms with van der Waals surface area (Å²) in [4.78, 5) is 26.7. The van der Waals surface area contributed by atoms with Crippen LogP contribution >= 0.6 is 15.9 Å². The minimum Gasteiger partial charge on any atom is -0.507 e. The van der Waals surface area contributed by atoms with Crippen LogP contribution in [0.4, 0.5) is 0 Å². The van der Waals surface area contributed by atoms with Crippen molar-refractivity contribution >= 4 is 33.4 Å². The molecule has 2 aromatic carbocycles. The summed E-state index contributed by atoms with van der Waals surface area (Å²) in [5.41, 5.74) is 1.35. The zero-order chi connectivity index (χ0) is 18.7. The number of methoxy groups -OCH3 is 1. The zero-order valence-corrected chi connectivity index (χ0v) is 15.8. The summed E-state index contributed by atoms with van der Waals surface area (Å²) < 4.78 is 5.18. The van der Waals surface area contributed by atoms with Crippen LogP contribution in [-0.2, 0) is 9.59 Å². The number of benzene rings is 2. The number of hydrogen-bond donors (Lipinski definition) is 1. The van der Waals surface area contributed by atoms with E-state index in [9.17, 15) is 14.7 Å². The first-order chi connectivity index (χ1) is 12.6. The molecule has 134 valence electrons. The van der Waals surface area contributed by atoms with Gasteiger partial charge >= 0.3 is 0 Å². The second-order valence-electron chi connectivity index (χ2n) is 5.82. The predicted octanol–water partition coefficient (Wildman–Crippen LogP) is 3.51.